The van der Waals surface area contributed by atoms with Crippen molar-refractivity contribution < 1.29 is 14.3 Å². The fourth-order valence-electron chi connectivity index (χ4n) is 3.45. The van der Waals surface area contributed by atoms with Gasteiger partial charge in [0.1, 0.15) is 0 Å². The molecule has 8 nitrogen and oxygen atoms in total. The Morgan fingerprint density at radius 2 is 2.04 bits per heavy atom. The maximum atomic E-state index is 13.0. The number of rotatable bonds is 5. The number of carbonyl (C=O) groups excluding carboxylic acids is 1. The van der Waals surface area contributed by atoms with Gasteiger partial charge in [0.2, 0.25) is 5.88 Å². The second-order valence-electron chi connectivity index (χ2n) is 6.71. The lowest BCUT2D eigenvalue weighted by Crippen LogP contribution is -2.40. The largest absolute Gasteiger partial charge is 0.481 e. The molecule has 0 radical (unpaired) electrons. The number of aromatic nitrogens is 4. The first kappa shape index (κ1) is 18.2. The zero-order valence-electron chi connectivity index (χ0n) is 16.0. The van der Waals surface area contributed by atoms with Gasteiger partial charge >= 0.3 is 0 Å². The smallest absolute Gasteiger partial charge is 0.274 e. The summed E-state index contributed by atoms with van der Waals surface area (Å²) in [5, 5.41) is 4.61. The summed E-state index contributed by atoms with van der Waals surface area (Å²) in [7, 11) is 3.29. The van der Waals surface area contributed by atoms with Crippen molar-refractivity contribution in [2.45, 2.75) is 18.9 Å². The van der Waals surface area contributed by atoms with E-state index in [9.17, 15) is 4.79 Å². The summed E-state index contributed by atoms with van der Waals surface area (Å²) in [6.07, 6.45) is 7.31. The molecule has 8 heteroatoms. The van der Waals surface area contributed by atoms with E-state index < -0.39 is 0 Å². The van der Waals surface area contributed by atoms with Gasteiger partial charge in [0.05, 0.1) is 30.8 Å². The zero-order valence-corrected chi connectivity index (χ0v) is 16.0. The number of nitrogens with one attached hydrogen (secondary N) is 1. The maximum Gasteiger partial charge on any atom is 0.274 e. The SMILES string of the molecule is COc1ccc(-n2nc(C(=O)N3CCC(OC)CC3)cc2-c2cc[nH]c2)cn1. The molecule has 1 saturated heterocycles. The van der Waals surface area contributed by atoms with E-state index in [2.05, 4.69) is 15.1 Å². The van der Waals surface area contributed by atoms with Crippen LogP contribution >= 0.6 is 0 Å². The molecule has 0 saturated carbocycles. The maximum absolute atomic E-state index is 13.0. The number of amides is 1. The number of methoxy groups -OCH3 is 2. The van der Waals surface area contributed by atoms with E-state index in [4.69, 9.17) is 9.47 Å². The van der Waals surface area contributed by atoms with Crippen LogP contribution in [0.5, 0.6) is 5.88 Å². The van der Waals surface area contributed by atoms with Gasteiger partial charge in [-0.2, -0.15) is 5.10 Å². The van der Waals surface area contributed by atoms with Crippen molar-refractivity contribution in [1.82, 2.24) is 24.6 Å². The molecule has 0 spiro atoms. The molecule has 3 aromatic heterocycles. The Hall–Kier alpha value is -3.13. The average Bonchev–Trinajstić information content (AvgIpc) is 3.43. The molecule has 1 aliphatic heterocycles. The molecule has 0 aromatic carbocycles. The molecule has 0 bridgehead atoms. The number of hydrogen-bond acceptors (Lipinski definition) is 5. The van der Waals surface area contributed by atoms with E-state index in [-0.39, 0.29) is 12.0 Å². The summed E-state index contributed by atoms with van der Waals surface area (Å²) >= 11 is 0. The number of aromatic amines is 1. The van der Waals surface area contributed by atoms with E-state index in [1.807, 2.05) is 35.5 Å². The van der Waals surface area contributed by atoms with Gasteiger partial charge < -0.3 is 19.4 Å². The summed E-state index contributed by atoms with van der Waals surface area (Å²) in [4.78, 5) is 22.2. The molecular formula is C20H23N5O3. The van der Waals surface area contributed by atoms with Crippen LogP contribution < -0.4 is 4.74 Å². The van der Waals surface area contributed by atoms with Crippen LogP contribution in [-0.4, -0.2) is 64.0 Å². The lowest BCUT2D eigenvalue weighted by atomic mass is 10.1. The van der Waals surface area contributed by atoms with Crippen LogP contribution in [0.3, 0.4) is 0 Å². The van der Waals surface area contributed by atoms with E-state index in [1.165, 1.54) is 0 Å². The second-order valence-corrected chi connectivity index (χ2v) is 6.71. The predicted molar refractivity (Wildman–Crippen MR) is 104 cm³/mol. The Balaban J connectivity index is 1.66. The van der Waals surface area contributed by atoms with Gasteiger partial charge in [-0.3, -0.25) is 4.79 Å². The number of H-pyrrole nitrogens is 1. The highest BCUT2D eigenvalue weighted by molar-refractivity contribution is 5.93. The van der Waals surface area contributed by atoms with Gasteiger partial charge in [0, 0.05) is 44.2 Å². The predicted octanol–water partition coefficient (Wildman–Crippen LogP) is 2.52. The van der Waals surface area contributed by atoms with Crippen LogP contribution in [0.1, 0.15) is 23.3 Å². The Morgan fingerprint density at radius 3 is 2.64 bits per heavy atom. The van der Waals surface area contributed by atoms with Gasteiger partial charge in [-0.25, -0.2) is 9.67 Å². The summed E-state index contributed by atoms with van der Waals surface area (Å²) in [5.41, 5.74) is 2.95. The lowest BCUT2D eigenvalue weighted by Gasteiger charge is -2.30. The Bertz CT molecular complexity index is 925. The van der Waals surface area contributed by atoms with Crippen LogP contribution in [0.15, 0.2) is 42.9 Å². The van der Waals surface area contributed by atoms with Gasteiger partial charge in [-0.15, -0.1) is 0 Å². The molecule has 4 rings (SSSR count). The Morgan fingerprint density at radius 1 is 1.21 bits per heavy atom. The highest BCUT2D eigenvalue weighted by Gasteiger charge is 2.26. The monoisotopic (exact) mass is 381 g/mol. The third-order valence-corrected chi connectivity index (χ3v) is 5.06. The molecule has 1 amide bonds. The Kier molecular flexibility index (Phi) is 5.12. The molecule has 146 valence electrons. The van der Waals surface area contributed by atoms with Crippen molar-refractivity contribution in [3.8, 4) is 22.8 Å². The first-order valence-corrected chi connectivity index (χ1v) is 9.25. The fraction of sp³-hybridized carbons (Fsp3) is 0.350. The first-order valence-electron chi connectivity index (χ1n) is 9.25. The second kappa shape index (κ2) is 7.85. The molecule has 1 fully saturated rings. The van der Waals surface area contributed by atoms with Gasteiger partial charge in [-0.05, 0) is 31.0 Å². The first-order chi connectivity index (χ1) is 13.7. The van der Waals surface area contributed by atoms with E-state index in [0.29, 0.717) is 24.7 Å². The van der Waals surface area contributed by atoms with Crippen molar-refractivity contribution >= 4 is 5.91 Å². The number of nitrogens with zero attached hydrogens (tertiary/aromatic N) is 4. The molecular weight excluding hydrogens is 358 g/mol. The topological polar surface area (TPSA) is 85.3 Å². The number of likely N-dealkylation sites (tertiary alicyclic amines) is 1. The molecule has 4 heterocycles. The van der Waals surface area contributed by atoms with Crippen LogP contribution in [0, 0.1) is 0 Å². The number of hydrogen-bond donors (Lipinski definition) is 1. The van der Waals surface area contributed by atoms with E-state index in [0.717, 1.165) is 29.8 Å². The molecule has 28 heavy (non-hydrogen) atoms. The van der Waals surface area contributed by atoms with Crippen molar-refractivity contribution in [2.24, 2.45) is 0 Å². The van der Waals surface area contributed by atoms with Crippen molar-refractivity contribution in [3.63, 3.8) is 0 Å². The normalized spacial score (nSPS) is 15.0. The standard InChI is InChI=1S/C20H23N5O3/c1-27-16-6-9-24(10-7-16)20(26)17-11-18(14-5-8-21-12-14)25(23-17)15-3-4-19(28-2)22-13-15/h3-5,8,11-13,16,21H,6-7,9-10H2,1-2H3. The van der Waals surface area contributed by atoms with Crippen molar-refractivity contribution in [3.05, 3.63) is 48.5 Å². The van der Waals surface area contributed by atoms with Crippen LogP contribution in [-0.2, 0) is 4.74 Å². The molecule has 0 atom stereocenters. The third-order valence-electron chi connectivity index (χ3n) is 5.06. The Labute approximate surface area is 163 Å². The number of ether oxygens (including phenoxy) is 2. The van der Waals surface area contributed by atoms with Gasteiger partial charge in [-0.1, -0.05) is 0 Å². The molecule has 0 aliphatic carbocycles. The van der Waals surface area contributed by atoms with Crippen LogP contribution in [0.2, 0.25) is 0 Å². The summed E-state index contributed by atoms with van der Waals surface area (Å²) < 4.78 is 12.3. The molecule has 1 N–H and O–H groups in total. The summed E-state index contributed by atoms with van der Waals surface area (Å²) in [6.45, 7) is 1.35. The number of piperidine rings is 1. The molecule has 1 aliphatic rings. The quantitative estimate of drug-likeness (QED) is 0.734. The van der Waals surface area contributed by atoms with Crippen molar-refractivity contribution in [2.75, 3.05) is 27.3 Å². The van der Waals surface area contributed by atoms with E-state index >= 15 is 0 Å². The molecule has 3 aromatic rings. The minimum absolute atomic E-state index is 0.0634. The minimum atomic E-state index is -0.0634. The number of carbonyl (C=O) groups is 1. The van der Waals surface area contributed by atoms with Crippen molar-refractivity contribution in [1.29, 1.82) is 0 Å². The third kappa shape index (κ3) is 3.50. The lowest BCUT2D eigenvalue weighted by molar-refractivity contribution is 0.0347. The fourth-order valence-corrected chi connectivity index (χ4v) is 3.45. The highest BCUT2D eigenvalue weighted by atomic mass is 16.5. The van der Waals surface area contributed by atoms with E-state index in [1.54, 1.807) is 31.2 Å². The number of pyridine rings is 1. The highest BCUT2D eigenvalue weighted by Crippen LogP contribution is 2.25. The van der Waals surface area contributed by atoms with Gasteiger partial charge in [0.25, 0.3) is 5.91 Å². The van der Waals surface area contributed by atoms with Crippen LogP contribution in [0.25, 0.3) is 16.9 Å². The average molecular weight is 381 g/mol. The summed E-state index contributed by atoms with van der Waals surface area (Å²) in [6, 6.07) is 7.42. The minimum Gasteiger partial charge on any atom is -0.481 e. The van der Waals surface area contributed by atoms with Crippen LogP contribution in [0.4, 0.5) is 0 Å². The molecule has 0 unspecified atom stereocenters. The summed E-state index contributed by atoms with van der Waals surface area (Å²) in [5.74, 6) is 0.461. The van der Waals surface area contributed by atoms with Gasteiger partial charge in [0.15, 0.2) is 5.69 Å². The zero-order chi connectivity index (χ0) is 19.5.